The summed E-state index contributed by atoms with van der Waals surface area (Å²) in [5, 5.41) is 12.1. The van der Waals surface area contributed by atoms with Gasteiger partial charge >= 0.3 is 5.97 Å². The van der Waals surface area contributed by atoms with Crippen LogP contribution in [0.5, 0.6) is 0 Å². The van der Waals surface area contributed by atoms with Crippen LogP contribution >= 0.6 is 11.3 Å². The van der Waals surface area contributed by atoms with Crippen molar-refractivity contribution in [2.75, 3.05) is 31.2 Å². The first-order valence-corrected chi connectivity index (χ1v) is 8.56. The van der Waals surface area contributed by atoms with Gasteiger partial charge in [-0.15, -0.1) is 11.3 Å². The molecule has 0 aliphatic carbocycles. The van der Waals surface area contributed by atoms with Crippen molar-refractivity contribution in [2.24, 2.45) is 5.92 Å². The Bertz CT molecular complexity index is 448. The lowest BCUT2D eigenvalue weighted by atomic mass is 9.95. The minimum atomic E-state index is -0.159. The summed E-state index contributed by atoms with van der Waals surface area (Å²) in [6.07, 6.45) is 4.26. The number of aromatic nitrogens is 1. The van der Waals surface area contributed by atoms with Gasteiger partial charge in [0.25, 0.3) is 0 Å². The molecule has 1 N–H and O–H groups in total. The summed E-state index contributed by atoms with van der Waals surface area (Å²) in [6.45, 7) is 4.53. The van der Waals surface area contributed by atoms with Crippen LogP contribution in [-0.2, 0) is 16.0 Å². The number of piperidine rings is 1. The van der Waals surface area contributed by atoms with E-state index in [1.54, 1.807) is 11.3 Å². The van der Waals surface area contributed by atoms with Crippen molar-refractivity contribution in [2.45, 2.75) is 39.0 Å². The van der Waals surface area contributed by atoms with E-state index in [1.165, 1.54) is 6.42 Å². The highest BCUT2D eigenvalue weighted by atomic mass is 32.1. The Balaban J connectivity index is 1.85. The van der Waals surface area contributed by atoms with Gasteiger partial charge in [-0.25, -0.2) is 4.98 Å². The molecule has 2 heterocycles. The molecule has 0 bridgehead atoms. The molecule has 118 valence electrons. The van der Waals surface area contributed by atoms with Crippen LogP contribution in [0.2, 0.25) is 0 Å². The zero-order valence-electron chi connectivity index (χ0n) is 12.6. The Morgan fingerprint density at radius 3 is 3.24 bits per heavy atom. The monoisotopic (exact) mass is 312 g/mol. The Morgan fingerprint density at radius 2 is 2.48 bits per heavy atom. The van der Waals surface area contributed by atoms with Gasteiger partial charge in [-0.05, 0) is 32.1 Å². The molecule has 0 spiro atoms. The standard InChI is InChI=1S/C15H24N2O3S/c1-2-20-14(19)6-5-13-11-21-15(16-13)17-8-3-4-12(10-17)7-9-18/h11-12,18H,2-10H2,1H3. The molecule has 0 saturated carbocycles. The van der Waals surface area contributed by atoms with E-state index >= 15 is 0 Å². The molecule has 1 aliphatic heterocycles. The molecule has 1 atom stereocenters. The van der Waals surface area contributed by atoms with Gasteiger partial charge in [-0.1, -0.05) is 0 Å². The minimum Gasteiger partial charge on any atom is -0.466 e. The van der Waals surface area contributed by atoms with Crippen LogP contribution in [0.4, 0.5) is 5.13 Å². The van der Waals surface area contributed by atoms with Crippen LogP contribution in [-0.4, -0.2) is 42.4 Å². The van der Waals surface area contributed by atoms with Crippen molar-refractivity contribution < 1.29 is 14.6 Å². The Morgan fingerprint density at radius 1 is 1.62 bits per heavy atom. The van der Waals surface area contributed by atoms with E-state index in [4.69, 9.17) is 9.84 Å². The maximum Gasteiger partial charge on any atom is 0.306 e. The molecule has 1 unspecified atom stereocenters. The van der Waals surface area contributed by atoms with Crippen LogP contribution in [0.15, 0.2) is 5.38 Å². The SMILES string of the molecule is CCOC(=O)CCc1csc(N2CCCC(CCO)C2)n1. The third-order valence-corrected chi connectivity index (χ3v) is 4.71. The minimum absolute atomic E-state index is 0.159. The number of hydrogen-bond acceptors (Lipinski definition) is 6. The van der Waals surface area contributed by atoms with Gasteiger partial charge in [0.1, 0.15) is 0 Å². The number of carbonyl (C=O) groups is 1. The fourth-order valence-electron chi connectivity index (χ4n) is 2.68. The average molecular weight is 312 g/mol. The van der Waals surface area contributed by atoms with E-state index in [0.29, 0.717) is 25.4 Å². The number of nitrogens with zero attached hydrogens (tertiary/aromatic N) is 2. The van der Waals surface area contributed by atoms with Crippen LogP contribution in [0, 0.1) is 5.92 Å². The lowest BCUT2D eigenvalue weighted by molar-refractivity contribution is -0.143. The van der Waals surface area contributed by atoms with Crippen molar-refractivity contribution in [1.29, 1.82) is 0 Å². The smallest absolute Gasteiger partial charge is 0.306 e. The highest BCUT2D eigenvalue weighted by molar-refractivity contribution is 7.13. The molecule has 21 heavy (non-hydrogen) atoms. The van der Waals surface area contributed by atoms with Crippen molar-refractivity contribution >= 4 is 22.4 Å². The van der Waals surface area contributed by atoms with E-state index in [-0.39, 0.29) is 12.6 Å². The highest BCUT2D eigenvalue weighted by Gasteiger charge is 2.21. The predicted octanol–water partition coefficient (Wildman–Crippen LogP) is 2.24. The molecule has 1 aliphatic rings. The molecular formula is C15H24N2O3S. The number of aliphatic hydroxyl groups excluding tert-OH is 1. The molecule has 5 nitrogen and oxygen atoms in total. The lowest BCUT2D eigenvalue weighted by Crippen LogP contribution is -2.35. The topological polar surface area (TPSA) is 62.7 Å². The molecule has 1 saturated heterocycles. The second kappa shape index (κ2) is 8.34. The number of anilines is 1. The fraction of sp³-hybridized carbons (Fsp3) is 0.733. The summed E-state index contributed by atoms with van der Waals surface area (Å²) in [7, 11) is 0. The number of rotatable bonds is 7. The van der Waals surface area contributed by atoms with Gasteiger partial charge in [0.2, 0.25) is 0 Å². The number of hydrogen-bond donors (Lipinski definition) is 1. The molecule has 2 rings (SSSR count). The summed E-state index contributed by atoms with van der Waals surface area (Å²) < 4.78 is 4.93. The molecular weight excluding hydrogens is 288 g/mol. The molecule has 0 radical (unpaired) electrons. The van der Waals surface area contributed by atoms with Gasteiger partial charge in [0, 0.05) is 31.5 Å². The van der Waals surface area contributed by atoms with Crippen molar-refractivity contribution in [3.63, 3.8) is 0 Å². The van der Waals surface area contributed by atoms with E-state index in [2.05, 4.69) is 9.88 Å². The summed E-state index contributed by atoms with van der Waals surface area (Å²) in [5.74, 6) is 0.406. The first-order valence-electron chi connectivity index (χ1n) is 7.68. The van der Waals surface area contributed by atoms with Gasteiger partial charge in [-0.3, -0.25) is 4.79 Å². The zero-order chi connectivity index (χ0) is 15.1. The predicted molar refractivity (Wildman–Crippen MR) is 83.7 cm³/mol. The highest BCUT2D eigenvalue weighted by Crippen LogP contribution is 2.27. The molecule has 1 aromatic heterocycles. The quantitative estimate of drug-likeness (QED) is 0.782. The number of aryl methyl sites for hydroxylation is 1. The van der Waals surface area contributed by atoms with Gasteiger partial charge in [-0.2, -0.15) is 0 Å². The Labute approximate surface area is 129 Å². The van der Waals surface area contributed by atoms with Crippen molar-refractivity contribution in [3.8, 4) is 0 Å². The van der Waals surface area contributed by atoms with E-state index in [1.807, 2.05) is 12.3 Å². The molecule has 6 heteroatoms. The Hall–Kier alpha value is -1.14. The average Bonchev–Trinajstić information content (AvgIpc) is 2.95. The van der Waals surface area contributed by atoms with Gasteiger partial charge < -0.3 is 14.7 Å². The summed E-state index contributed by atoms with van der Waals surface area (Å²) >= 11 is 1.64. The first-order chi connectivity index (χ1) is 10.2. The fourth-order valence-corrected chi connectivity index (χ4v) is 3.57. The third-order valence-electron chi connectivity index (χ3n) is 3.76. The largest absolute Gasteiger partial charge is 0.466 e. The normalized spacial score (nSPS) is 18.8. The summed E-state index contributed by atoms with van der Waals surface area (Å²) in [5.41, 5.74) is 0.965. The van der Waals surface area contributed by atoms with E-state index in [9.17, 15) is 4.79 Å². The molecule has 0 amide bonds. The van der Waals surface area contributed by atoms with Crippen LogP contribution in [0.25, 0.3) is 0 Å². The van der Waals surface area contributed by atoms with E-state index in [0.717, 1.165) is 36.8 Å². The molecule has 1 aromatic rings. The van der Waals surface area contributed by atoms with Gasteiger partial charge in [0.05, 0.1) is 18.7 Å². The number of thiazole rings is 1. The van der Waals surface area contributed by atoms with Gasteiger partial charge in [0.15, 0.2) is 5.13 Å². The first kappa shape index (κ1) is 16.2. The molecule has 0 aromatic carbocycles. The second-order valence-electron chi connectivity index (χ2n) is 5.39. The number of ether oxygens (including phenoxy) is 1. The lowest BCUT2D eigenvalue weighted by Gasteiger charge is -2.32. The van der Waals surface area contributed by atoms with Crippen LogP contribution < -0.4 is 4.90 Å². The van der Waals surface area contributed by atoms with E-state index < -0.39 is 0 Å². The van der Waals surface area contributed by atoms with Crippen molar-refractivity contribution in [1.82, 2.24) is 4.98 Å². The van der Waals surface area contributed by atoms with Crippen LogP contribution in [0.1, 0.15) is 38.3 Å². The number of aliphatic hydroxyl groups is 1. The maximum atomic E-state index is 11.4. The number of esters is 1. The second-order valence-corrected chi connectivity index (χ2v) is 6.23. The third kappa shape index (κ3) is 4.97. The Kier molecular flexibility index (Phi) is 6.45. The summed E-state index contributed by atoms with van der Waals surface area (Å²) in [6, 6.07) is 0. The molecule has 1 fully saturated rings. The summed E-state index contributed by atoms with van der Waals surface area (Å²) in [4.78, 5) is 18.3. The number of carbonyl (C=O) groups excluding carboxylic acids is 1. The van der Waals surface area contributed by atoms with Crippen molar-refractivity contribution in [3.05, 3.63) is 11.1 Å². The van der Waals surface area contributed by atoms with Crippen LogP contribution in [0.3, 0.4) is 0 Å². The zero-order valence-corrected chi connectivity index (χ0v) is 13.4. The maximum absolute atomic E-state index is 11.4.